The third-order valence-electron chi connectivity index (χ3n) is 6.31. The van der Waals surface area contributed by atoms with Gasteiger partial charge in [-0.15, -0.1) is 0 Å². The molecule has 4 rings (SSSR count). The molecule has 10 heteroatoms. The summed E-state index contributed by atoms with van der Waals surface area (Å²) in [6.45, 7) is -1.37. The molecule has 0 radical (unpaired) electrons. The molecule has 192 valence electrons. The fraction of sp³-hybridized carbons (Fsp3) is 0.385. The monoisotopic (exact) mass is 609 g/mol. The van der Waals surface area contributed by atoms with Crippen molar-refractivity contribution < 1.29 is 28.7 Å². The zero-order chi connectivity index (χ0) is 26.0. The number of carboxylic acids is 1. The number of aliphatic carboxylic acids is 1. The second kappa shape index (κ2) is 10.9. The van der Waals surface area contributed by atoms with Gasteiger partial charge < -0.3 is 0 Å². The molecule has 1 fully saturated rings. The summed E-state index contributed by atoms with van der Waals surface area (Å²) in [5.41, 5.74) is 3.37. The summed E-state index contributed by atoms with van der Waals surface area (Å²) in [7, 11) is 0. The van der Waals surface area contributed by atoms with Crippen molar-refractivity contribution >= 4 is 66.1 Å². The topological polar surface area (TPSA) is 107 Å². The Morgan fingerprint density at radius 2 is 1.50 bits per heavy atom. The molecule has 1 aliphatic heterocycles. The van der Waals surface area contributed by atoms with Gasteiger partial charge in [-0.3, -0.25) is 0 Å². The Kier molecular flexibility index (Phi) is 7.91. The molecule has 0 saturated heterocycles. The molecule has 1 saturated carbocycles. The van der Waals surface area contributed by atoms with E-state index in [-0.39, 0.29) is 12.3 Å². The number of Topliss-reactive ketones (excluding diaryl/α,β-unsaturated/α-hetero) is 1. The van der Waals surface area contributed by atoms with Gasteiger partial charge in [0.2, 0.25) is 0 Å². The maximum atomic E-state index is 13.8. The average Bonchev–Trinajstić information content (AvgIpc) is 3.69. The molecule has 0 spiro atoms. The van der Waals surface area contributed by atoms with Crippen molar-refractivity contribution in [2.24, 2.45) is 0 Å². The van der Waals surface area contributed by atoms with E-state index >= 15 is 0 Å². The molecule has 0 aromatic heterocycles. The van der Waals surface area contributed by atoms with Crippen LogP contribution in [0.3, 0.4) is 0 Å². The normalized spacial score (nSPS) is 16.4. The molecule has 36 heavy (non-hydrogen) atoms. The van der Waals surface area contributed by atoms with Crippen molar-refractivity contribution in [1.29, 1.82) is 0 Å². The van der Waals surface area contributed by atoms with Crippen molar-refractivity contribution in [3.63, 3.8) is 0 Å². The number of nitrogens with zero attached hydrogens (tertiary/aromatic N) is 2. The van der Waals surface area contributed by atoms with Crippen LogP contribution in [0.1, 0.15) is 25.7 Å². The quantitative estimate of drug-likeness (QED) is 0.312. The van der Waals surface area contributed by atoms with Gasteiger partial charge in [-0.2, -0.15) is 0 Å². The molecular formula is C26H29FIN3O5. The predicted molar refractivity (Wildman–Crippen MR) is 145 cm³/mol. The van der Waals surface area contributed by atoms with Crippen LogP contribution in [0.2, 0.25) is 0 Å². The van der Waals surface area contributed by atoms with Gasteiger partial charge in [-0.25, -0.2) is 0 Å². The number of hydrogen-bond acceptors (Lipinski definition) is 5. The van der Waals surface area contributed by atoms with Crippen LogP contribution in [0.4, 0.5) is 27.1 Å². The van der Waals surface area contributed by atoms with Crippen LogP contribution in [-0.2, 0) is 19.2 Å². The summed E-state index contributed by atoms with van der Waals surface area (Å²) in [6.07, 6.45) is 1.35. The number of benzene rings is 2. The molecule has 1 aliphatic carbocycles. The Labute approximate surface area is 216 Å². The number of alkyl halides is 4. The van der Waals surface area contributed by atoms with E-state index in [4.69, 9.17) is 5.11 Å². The fourth-order valence-corrected chi connectivity index (χ4v) is 7.00. The summed E-state index contributed by atoms with van der Waals surface area (Å²) >= 11 is -2.00. The molecule has 0 bridgehead atoms. The summed E-state index contributed by atoms with van der Waals surface area (Å²) < 4.78 is 12.3. The van der Waals surface area contributed by atoms with E-state index in [1.54, 1.807) is 4.90 Å². The maximum absolute atomic E-state index is 13.8. The van der Waals surface area contributed by atoms with Crippen LogP contribution in [0.25, 0.3) is 0 Å². The second-order valence-electron chi connectivity index (χ2n) is 9.05. The summed E-state index contributed by atoms with van der Waals surface area (Å²) in [6, 6.07) is 14.3. The van der Waals surface area contributed by atoms with Crippen LogP contribution in [0.5, 0.6) is 0 Å². The molecule has 8 nitrogen and oxygen atoms in total. The number of amides is 2. The number of ketones is 1. The molecule has 2 amide bonds. The number of rotatable bonds is 10. The Bertz CT molecular complexity index is 1140. The van der Waals surface area contributed by atoms with Crippen LogP contribution in [0, 0.1) is 0 Å². The molecule has 2 atom stereocenters. The minimum atomic E-state index is -2.00. The number of carboxylic acid groups (broad SMARTS) is 1. The molecule has 2 aromatic carbocycles. The molecule has 1 heterocycles. The van der Waals surface area contributed by atoms with Gasteiger partial charge in [0.1, 0.15) is 0 Å². The van der Waals surface area contributed by atoms with Crippen LogP contribution in [-0.4, -0.2) is 61.2 Å². The first kappa shape index (κ1) is 26.1. The van der Waals surface area contributed by atoms with E-state index in [1.165, 1.54) is 0 Å². The number of carbonyl (C=O) groups excluding carboxylic acids is 3. The van der Waals surface area contributed by atoms with Gasteiger partial charge in [0.05, 0.1) is 0 Å². The van der Waals surface area contributed by atoms with E-state index in [0.717, 1.165) is 35.6 Å². The van der Waals surface area contributed by atoms with Crippen LogP contribution >= 0.6 is 19.8 Å². The number of anilines is 4. The Hall–Kier alpha value is -3.02. The van der Waals surface area contributed by atoms with Crippen molar-refractivity contribution in [2.75, 3.05) is 26.3 Å². The first-order chi connectivity index (χ1) is 17.2. The first-order valence-electron chi connectivity index (χ1n) is 11.6. The van der Waals surface area contributed by atoms with E-state index in [2.05, 4.69) is 10.2 Å². The Balaban J connectivity index is 1.62. The predicted octanol–water partition coefficient (Wildman–Crippen LogP) is 3.99. The summed E-state index contributed by atoms with van der Waals surface area (Å²) in [4.78, 5) is 57.8. The number of nitrogens with one attached hydrogen (secondary N) is 1. The van der Waals surface area contributed by atoms with Gasteiger partial charge in [-0.1, -0.05) is 0 Å². The van der Waals surface area contributed by atoms with Gasteiger partial charge in [0.25, 0.3) is 0 Å². The third kappa shape index (κ3) is 5.37. The Morgan fingerprint density at radius 1 is 0.972 bits per heavy atom. The molecule has 2 aliphatic rings. The zero-order valence-corrected chi connectivity index (χ0v) is 22.3. The Morgan fingerprint density at radius 3 is 1.94 bits per heavy atom. The van der Waals surface area contributed by atoms with Crippen molar-refractivity contribution in [3.05, 3.63) is 48.5 Å². The van der Waals surface area contributed by atoms with Crippen molar-refractivity contribution in [2.45, 2.75) is 41.7 Å². The van der Waals surface area contributed by atoms with E-state index in [0.29, 0.717) is 6.04 Å². The third-order valence-corrected chi connectivity index (χ3v) is 10.3. The van der Waals surface area contributed by atoms with Crippen LogP contribution < -0.4 is 15.1 Å². The summed E-state index contributed by atoms with van der Waals surface area (Å²) in [5.74, 6) is -3.16. The number of fused-ring (bicyclic) bond motifs is 2. The first-order valence-corrected chi connectivity index (χ1v) is 17.2. The van der Waals surface area contributed by atoms with Gasteiger partial charge in [0.15, 0.2) is 0 Å². The van der Waals surface area contributed by atoms with E-state index in [1.807, 2.05) is 58.4 Å². The van der Waals surface area contributed by atoms with E-state index in [9.17, 15) is 23.6 Å². The van der Waals surface area contributed by atoms with Crippen molar-refractivity contribution in [3.8, 4) is 0 Å². The van der Waals surface area contributed by atoms with Gasteiger partial charge in [0, 0.05) is 0 Å². The number of hydrogen-bond donors (Lipinski definition) is 2. The average molecular weight is 609 g/mol. The second-order valence-corrected chi connectivity index (χ2v) is 15.2. The number of halogens is 2. The molecular weight excluding hydrogens is 580 g/mol. The number of carbonyl (C=O) groups is 4. The van der Waals surface area contributed by atoms with Gasteiger partial charge >= 0.3 is 217 Å². The van der Waals surface area contributed by atoms with Gasteiger partial charge in [-0.05, 0) is 0 Å². The molecule has 2 aromatic rings. The number of para-hydroxylation sites is 4. The zero-order valence-electron chi connectivity index (χ0n) is 20.1. The fourth-order valence-electron chi connectivity index (χ4n) is 4.43. The van der Waals surface area contributed by atoms with E-state index < -0.39 is 60.5 Å². The van der Waals surface area contributed by atoms with Crippen molar-refractivity contribution in [1.82, 2.24) is 5.32 Å². The van der Waals surface area contributed by atoms with Crippen LogP contribution in [0.15, 0.2) is 48.5 Å². The minimum absolute atomic E-state index is 0.0978. The SMILES string of the molecule is CI(C)[C@H](CC(=O)N1c2ccccc2N(C2CC2)c2ccccc21)C(=O)NC(CC(=O)O)C(=O)CF. The summed E-state index contributed by atoms with van der Waals surface area (Å²) in [5, 5.41) is 11.5. The molecule has 1 unspecified atom stereocenters. The molecule has 2 N–H and O–H groups in total. The standard InChI is InChI=1S/C26H29FIN3O5/c1-28(2)17(26(36)29-18(14-25(34)35)23(32)15-27)13-24(33)31-21-9-5-3-7-19(21)30(16-11-12-16)20-8-4-6-10-22(20)31/h3-10,16-18H,11-15H2,1-2H3,(H,29,36)(H,34,35)/t17-,18?/m1/s1.